The van der Waals surface area contributed by atoms with E-state index < -0.39 is 0 Å². The number of nitrogens with zero attached hydrogens (tertiary/aromatic N) is 2. The Hall–Kier alpha value is -2.01. The third kappa shape index (κ3) is 3.22. The highest BCUT2D eigenvalue weighted by Gasteiger charge is 2.41. The number of carbonyl (C=O) groups is 1. The van der Waals surface area contributed by atoms with E-state index in [-0.39, 0.29) is 12.1 Å². The van der Waals surface area contributed by atoms with Crippen molar-refractivity contribution in [2.75, 3.05) is 26.2 Å². The van der Waals surface area contributed by atoms with Gasteiger partial charge in [-0.3, -0.25) is 4.90 Å². The number of aromatic nitrogens is 1. The lowest BCUT2D eigenvalue weighted by molar-refractivity contribution is 0.0980. The number of hydrogen-bond acceptors (Lipinski definition) is 2. The maximum atomic E-state index is 12.6. The number of hydrogen-bond donors (Lipinski definition) is 2. The number of likely N-dealkylation sites (tertiary alicyclic amines) is 1. The predicted octanol–water partition coefficient (Wildman–Crippen LogP) is 3.71. The average molecular weight is 369 g/mol. The third-order valence-electron chi connectivity index (χ3n) is 6.46. The molecule has 2 heterocycles. The molecule has 0 saturated carbocycles. The van der Waals surface area contributed by atoms with Gasteiger partial charge in [-0.15, -0.1) is 0 Å². The highest BCUT2D eigenvalue weighted by Crippen LogP contribution is 2.43. The van der Waals surface area contributed by atoms with Crippen LogP contribution in [0.4, 0.5) is 4.79 Å². The van der Waals surface area contributed by atoms with Gasteiger partial charge < -0.3 is 15.2 Å². The van der Waals surface area contributed by atoms with E-state index in [1.165, 1.54) is 22.0 Å². The van der Waals surface area contributed by atoms with Gasteiger partial charge in [-0.25, -0.2) is 4.79 Å². The predicted molar refractivity (Wildman–Crippen MR) is 110 cm³/mol. The van der Waals surface area contributed by atoms with Gasteiger partial charge in [-0.1, -0.05) is 19.1 Å². The van der Waals surface area contributed by atoms with Gasteiger partial charge >= 0.3 is 6.03 Å². The minimum Gasteiger partial charge on any atom is -0.361 e. The molecule has 0 spiro atoms. The van der Waals surface area contributed by atoms with E-state index in [0.717, 1.165) is 45.4 Å². The zero-order valence-corrected chi connectivity index (χ0v) is 16.8. The molecule has 146 valence electrons. The van der Waals surface area contributed by atoms with E-state index in [1.807, 2.05) is 18.7 Å². The molecule has 27 heavy (non-hydrogen) atoms. The SMILES string of the molecule is CCCN1C[C@H](NC(=O)N(CC)CC)C[C@@H]2c3cccc4[nH]cc(c34)C[C@@H]21. The Balaban J connectivity index is 1.63. The van der Waals surface area contributed by atoms with E-state index in [9.17, 15) is 4.79 Å². The summed E-state index contributed by atoms with van der Waals surface area (Å²) in [6, 6.07) is 7.48. The first kappa shape index (κ1) is 18.4. The van der Waals surface area contributed by atoms with Crippen LogP contribution in [0.15, 0.2) is 24.4 Å². The van der Waals surface area contributed by atoms with Gasteiger partial charge in [0.15, 0.2) is 0 Å². The standard InChI is InChI=1S/C22H32N4O/c1-4-10-26-14-16(24-22(27)25(5-2)6-3)12-18-17-8-7-9-19-21(17)15(13-23-19)11-20(18)26/h7-9,13,16,18,20,23H,4-6,10-12,14H2,1-3H3,(H,24,27)/t16-,18-,20+/m1/s1. The van der Waals surface area contributed by atoms with E-state index in [2.05, 4.69) is 46.5 Å². The van der Waals surface area contributed by atoms with Gasteiger partial charge in [-0.2, -0.15) is 0 Å². The van der Waals surface area contributed by atoms with E-state index >= 15 is 0 Å². The summed E-state index contributed by atoms with van der Waals surface area (Å²) in [7, 11) is 0. The van der Waals surface area contributed by atoms with Crippen molar-refractivity contribution >= 4 is 16.9 Å². The molecule has 2 amide bonds. The van der Waals surface area contributed by atoms with Crippen LogP contribution >= 0.6 is 0 Å². The summed E-state index contributed by atoms with van der Waals surface area (Å²) in [5.74, 6) is 0.485. The summed E-state index contributed by atoms with van der Waals surface area (Å²) >= 11 is 0. The molecule has 1 fully saturated rings. The van der Waals surface area contributed by atoms with Crippen LogP contribution in [0.1, 0.15) is 50.7 Å². The average Bonchev–Trinajstić information content (AvgIpc) is 3.08. The van der Waals surface area contributed by atoms with Crippen molar-refractivity contribution < 1.29 is 4.79 Å². The Morgan fingerprint density at radius 2 is 2.11 bits per heavy atom. The number of urea groups is 1. The third-order valence-corrected chi connectivity index (χ3v) is 6.46. The second kappa shape index (κ2) is 7.55. The lowest BCUT2D eigenvalue weighted by Gasteiger charge is -2.47. The number of aromatic amines is 1. The quantitative estimate of drug-likeness (QED) is 0.845. The summed E-state index contributed by atoms with van der Waals surface area (Å²) in [6.07, 6.45) is 5.48. The highest BCUT2D eigenvalue weighted by molar-refractivity contribution is 5.88. The molecule has 5 nitrogen and oxygen atoms in total. The maximum absolute atomic E-state index is 12.6. The number of amides is 2. The summed E-state index contributed by atoms with van der Waals surface area (Å²) in [5, 5.41) is 4.75. The van der Waals surface area contributed by atoms with E-state index in [0.29, 0.717) is 12.0 Å². The molecular formula is C22H32N4O. The fraction of sp³-hybridized carbons (Fsp3) is 0.591. The molecule has 5 heteroatoms. The lowest BCUT2D eigenvalue weighted by atomic mass is 9.74. The minimum absolute atomic E-state index is 0.0799. The molecule has 2 aromatic rings. The number of fused-ring (bicyclic) bond motifs is 2. The fourth-order valence-corrected chi connectivity index (χ4v) is 5.22. The Morgan fingerprint density at radius 3 is 2.85 bits per heavy atom. The molecule has 4 rings (SSSR count). The van der Waals surface area contributed by atoms with Gasteiger partial charge in [0.1, 0.15) is 0 Å². The first-order valence-electron chi connectivity index (χ1n) is 10.5. The summed E-state index contributed by atoms with van der Waals surface area (Å²) in [4.78, 5) is 20.6. The van der Waals surface area contributed by atoms with Gasteiger partial charge in [0, 0.05) is 54.7 Å². The Kier molecular flexibility index (Phi) is 5.13. The number of carbonyl (C=O) groups excluding carboxylic acids is 1. The first-order chi connectivity index (χ1) is 13.2. The van der Waals surface area contributed by atoms with Gasteiger partial charge in [0.05, 0.1) is 0 Å². The highest BCUT2D eigenvalue weighted by atomic mass is 16.2. The summed E-state index contributed by atoms with van der Waals surface area (Å²) in [6.45, 7) is 9.89. The molecule has 1 aromatic heterocycles. The topological polar surface area (TPSA) is 51.4 Å². The second-order valence-corrected chi connectivity index (χ2v) is 8.01. The van der Waals surface area contributed by atoms with Crippen molar-refractivity contribution in [1.29, 1.82) is 0 Å². The Morgan fingerprint density at radius 1 is 1.30 bits per heavy atom. The number of nitrogens with one attached hydrogen (secondary N) is 2. The maximum Gasteiger partial charge on any atom is 0.317 e. The normalized spacial score (nSPS) is 24.6. The molecule has 1 aliphatic heterocycles. The van der Waals surface area contributed by atoms with Crippen molar-refractivity contribution in [2.24, 2.45) is 0 Å². The Bertz CT molecular complexity index is 810. The van der Waals surface area contributed by atoms with E-state index in [4.69, 9.17) is 0 Å². The van der Waals surface area contributed by atoms with Crippen LogP contribution in [0.25, 0.3) is 10.9 Å². The van der Waals surface area contributed by atoms with Crippen LogP contribution in [-0.4, -0.2) is 59.1 Å². The molecular weight excluding hydrogens is 336 g/mol. The molecule has 1 saturated heterocycles. The molecule has 3 atom stereocenters. The molecule has 1 aromatic carbocycles. The zero-order chi connectivity index (χ0) is 19.0. The summed E-state index contributed by atoms with van der Waals surface area (Å²) in [5.41, 5.74) is 4.16. The van der Waals surface area contributed by atoms with Crippen LogP contribution in [0.2, 0.25) is 0 Å². The minimum atomic E-state index is 0.0799. The molecule has 2 aliphatic rings. The van der Waals surface area contributed by atoms with Gasteiger partial charge in [0.2, 0.25) is 0 Å². The molecule has 1 aliphatic carbocycles. The number of piperidine rings is 1. The largest absolute Gasteiger partial charge is 0.361 e. The van der Waals surface area contributed by atoms with Crippen LogP contribution in [0.3, 0.4) is 0 Å². The molecule has 0 radical (unpaired) electrons. The van der Waals surface area contributed by atoms with Crippen molar-refractivity contribution in [3.63, 3.8) is 0 Å². The lowest BCUT2D eigenvalue weighted by Crippen LogP contribution is -2.57. The van der Waals surface area contributed by atoms with Crippen molar-refractivity contribution in [3.8, 4) is 0 Å². The van der Waals surface area contributed by atoms with Crippen molar-refractivity contribution in [2.45, 2.75) is 58.0 Å². The van der Waals surface area contributed by atoms with Crippen LogP contribution in [-0.2, 0) is 6.42 Å². The Labute approximate surface area is 162 Å². The fourth-order valence-electron chi connectivity index (χ4n) is 5.22. The molecule has 0 unspecified atom stereocenters. The van der Waals surface area contributed by atoms with Crippen LogP contribution < -0.4 is 5.32 Å². The first-order valence-corrected chi connectivity index (χ1v) is 10.5. The van der Waals surface area contributed by atoms with Gasteiger partial charge in [-0.05, 0) is 56.8 Å². The molecule has 2 N–H and O–H groups in total. The van der Waals surface area contributed by atoms with Gasteiger partial charge in [0.25, 0.3) is 0 Å². The second-order valence-electron chi connectivity index (χ2n) is 8.01. The molecule has 0 bridgehead atoms. The van der Waals surface area contributed by atoms with Crippen LogP contribution in [0.5, 0.6) is 0 Å². The number of benzene rings is 1. The number of H-pyrrole nitrogens is 1. The zero-order valence-electron chi connectivity index (χ0n) is 16.8. The monoisotopic (exact) mass is 368 g/mol. The van der Waals surface area contributed by atoms with Crippen molar-refractivity contribution in [3.05, 3.63) is 35.5 Å². The summed E-state index contributed by atoms with van der Waals surface area (Å²) < 4.78 is 0. The number of rotatable bonds is 5. The van der Waals surface area contributed by atoms with Crippen molar-refractivity contribution in [1.82, 2.24) is 20.1 Å². The van der Waals surface area contributed by atoms with E-state index in [1.54, 1.807) is 0 Å². The smallest absolute Gasteiger partial charge is 0.317 e. The van der Waals surface area contributed by atoms with Crippen LogP contribution in [0, 0.1) is 0 Å².